The molecule has 4 rings (SSSR count). The Kier molecular flexibility index (Phi) is 7.95. The van der Waals surface area contributed by atoms with E-state index in [1.807, 2.05) is 19.1 Å². The molecule has 172 valence electrons. The van der Waals surface area contributed by atoms with Gasteiger partial charge in [-0.1, -0.05) is 60.7 Å². The maximum Gasteiger partial charge on any atom is 0.239 e. The van der Waals surface area contributed by atoms with Crippen molar-refractivity contribution in [2.45, 2.75) is 31.8 Å². The zero-order chi connectivity index (χ0) is 22.3. The molecule has 0 aliphatic carbocycles. The van der Waals surface area contributed by atoms with Crippen molar-refractivity contribution >= 4 is 5.91 Å². The molecule has 1 amide bonds. The molecule has 2 aliphatic heterocycles. The average Bonchev–Trinajstić information content (AvgIpc) is 2.85. The number of nitrogens with zero attached hydrogens (tertiary/aromatic N) is 3. The van der Waals surface area contributed by atoms with E-state index in [0.717, 1.165) is 32.1 Å². The molecule has 0 spiro atoms. The molecule has 0 radical (unpaired) electrons. The Balaban J connectivity index is 1.32. The van der Waals surface area contributed by atoms with Gasteiger partial charge in [0.15, 0.2) is 0 Å². The summed E-state index contributed by atoms with van der Waals surface area (Å²) in [7, 11) is 2.22. The summed E-state index contributed by atoms with van der Waals surface area (Å²) in [5.41, 5.74) is 2.36. The lowest BCUT2D eigenvalue weighted by molar-refractivity contribution is -0.135. The molecule has 0 saturated carbocycles. The molecule has 2 heterocycles. The summed E-state index contributed by atoms with van der Waals surface area (Å²) in [6, 6.07) is 20.6. The minimum atomic E-state index is -0.235. The van der Waals surface area contributed by atoms with Crippen LogP contribution in [0.3, 0.4) is 0 Å². The molecule has 2 aromatic carbocycles. The summed E-state index contributed by atoms with van der Waals surface area (Å²) in [5.74, 6) is 1.02. The Morgan fingerprint density at radius 3 is 1.94 bits per heavy atom. The second-order valence-corrected chi connectivity index (χ2v) is 9.52. The number of hydrogen-bond donors (Lipinski definition) is 1. The van der Waals surface area contributed by atoms with Gasteiger partial charge in [-0.3, -0.25) is 15.0 Å². The molecular formula is C27H38N4O. The van der Waals surface area contributed by atoms with E-state index in [9.17, 15) is 4.79 Å². The molecule has 2 aliphatic rings. The summed E-state index contributed by atoms with van der Waals surface area (Å²) >= 11 is 0. The second-order valence-electron chi connectivity index (χ2n) is 9.52. The Labute approximate surface area is 193 Å². The largest absolute Gasteiger partial charge is 0.339 e. The molecule has 0 bridgehead atoms. The van der Waals surface area contributed by atoms with Crippen molar-refractivity contribution in [1.29, 1.82) is 0 Å². The molecule has 0 aromatic heterocycles. The summed E-state index contributed by atoms with van der Waals surface area (Å²) in [5, 5.41) is 3.62. The van der Waals surface area contributed by atoms with Crippen LogP contribution in [0.25, 0.3) is 0 Å². The van der Waals surface area contributed by atoms with E-state index in [4.69, 9.17) is 0 Å². The zero-order valence-electron chi connectivity index (χ0n) is 19.6. The van der Waals surface area contributed by atoms with Crippen molar-refractivity contribution in [3.63, 3.8) is 0 Å². The van der Waals surface area contributed by atoms with E-state index < -0.39 is 0 Å². The number of likely N-dealkylation sites (tertiary alicyclic amines) is 1. The van der Waals surface area contributed by atoms with E-state index in [2.05, 4.69) is 75.6 Å². The lowest BCUT2D eigenvalue weighted by Gasteiger charge is -2.39. The van der Waals surface area contributed by atoms with Crippen LogP contribution in [0.5, 0.6) is 0 Å². The van der Waals surface area contributed by atoms with Crippen molar-refractivity contribution in [3.05, 3.63) is 71.8 Å². The van der Waals surface area contributed by atoms with Crippen LogP contribution in [0, 0.1) is 5.92 Å². The van der Waals surface area contributed by atoms with E-state index in [0.29, 0.717) is 0 Å². The molecule has 2 fully saturated rings. The molecule has 32 heavy (non-hydrogen) atoms. The van der Waals surface area contributed by atoms with Gasteiger partial charge in [-0.25, -0.2) is 0 Å². The van der Waals surface area contributed by atoms with Crippen LogP contribution in [-0.4, -0.2) is 79.5 Å². The van der Waals surface area contributed by atoms with E-state index in [-0.39, 0.29) is 18.0 Å². The number of carbonyl (C=O) groups excluding carboxylic acids is 1. The monoisotopic (exact) mass is 434 g/mol. The molecule has 2 saturated heterocycles. The first-order valence-corrected chi connectivity index (χ1v) is 12.2. The Morgan fingerprint density at radius 1 is 0.875 bits per heavy atom. The van der Waals surface area contributed by atoms with Gasteiger partial charge in [-0.2, -0.15) is 0 Å². The van der Waals surface area contributed by atoms with E-state index in [1.54, 1.807) is 0 Å². The Bertz CT molecular complexity index is 788. The molecule has 1 atom stereocenters. The second kappa shape index (κ2) is 11.1. The Morgan fingerprint density at radius 2 is 1.41 bits per heavy atom. The number of benzene rings is 2. The maximum atomic E-state index is 13.3. The van der Waals surface area contributed by atoms with Gasteiger partial charge < -0.3 is 9.80 Å². The fourth-order valence-corrected chi connectivity index (χ4v) is 5.03. The zero-order valence-corrected chi connectivity index (χ0v) is 19.6. The first kappa shape index (κ1) is 23.0. The van der Waals surface area contributed by atoms with E-state index in [1.165, 1.54) is 43.6 Å². The minimum absolute atomic E-state index is 0.00192. The van der Waals surface area contributed by atoms with Gasteiger partial charge >= 0.3 is 0 Å². The molecule has 0 unspecified atom stereocenters. The predicted octanol–water partition coefficient (Wildman–Crippen LogP) is 3.24. The summed E-state index contributed by atoms with van der Waals surface area (Å²) < 4.78 is 0. The maximum absolute atomic E-state index is 13.3. The number of carbonyl (C=O) groups is 1. The fourth-order valence-electron chi connectivity index (χ4n) is 5.03. The number of piperidine rings is 1. The normalized spacial score (nSPS) is 19.9. The number of piperazine rings is 1. The fraction of sp³-hybridized carbons (Fsp3) is 0.519. The third kappa shape index (κ3) is 5.97. The number of rotatable bonds is 7. The number of amides is 1. The van der Waals surface area contributed by atoms with Gasteiger partial charge in [-0.05, 0) is 56.9 Å². The highest BCUT2D eigenvalue weighted by Gasteiger charge is 2.28. The van der Waals surface area contributed by atoms with Crippen molar-refractivity contribution in [1.82, 2.24) is 20.0 Å². The van der Waals surface area contributed by atoms with Gasteiger partial charge in [0.05, 0.1) is 12.1 Å². The third-order valence-electron chi connectivity index (χ3n) is 7.09. The van der Waals surface area contributed by atoms with Gasteiger partial charge in [-0.15, -0.1) is 0 Å². The van der Waals surface area contributed by atoms with Gasteiger partial charge in [0.25, 0.3) is 0 Å². The van der Waals surface area contributed by atoms with Crippen molar-refractivity contribution < 1.29 is 4.79 Å². The molecule has 2 aromatic rings. The van der Waals surface area contributed by atoms with Crippen LogP contribution in [-0.2, 0) is 4.79 Å². The van der Waals surface area contributed by atoms with Crippen molar-refractivity contribution in [2.24, 2.45) is 5.92 Å². The van der Waals surface area contributed by atoms with Crippen LogP contribution in [0.15, 0.2) is 60.7 Å². The topological polar surface area (TPSA) is 38.8 Å². The quantitative estimate of drug-likeness (QED) is 0.726. The van der Waals surface area contributed by atoms with Gasteiger partial charge in [0.1, 0.15) is 0 Å². The molecule has 5 heteroatoms. The third-order valence-corrected chi connectivity index (χ3v) is 7.09. The smallest absolute Gasteiger partial charge is 0.239 e. The molecule has 1 N–H and O–H groups in total. The average molecular weight is 435 g/mol. The lowest BCUT2D eigenvalue weighted by atomic mass is 9.96. The van der Waals surface area contributed by atoms with Crippen molar-refractivity contribution in [3.8, 4) is 0 Å². The van der Waals surface area contributed by atoms with E-state index >= 15 is 0 Å². The van der Waals surface area contributed by atoms with Gasteiger partial charge in [0.2, 0.25) is 5.91 Å². The van der Waals surface area contributed by atoms with Crippen LogP contribution in [0.2, 0.25) is 0 Å². The number of hydrogen-bond acceptors (Lipinski definition) is 4. The SMILES string of the molecule is C[C@@H](NC(c1ccccc1)c1ccccc1)C(=O)N1CCN(CC2CCN(C)CC2)CC1. The molecule has 5 nitrogen and oxygen atoms in total. The van der Waals surface area contributed by atoms with Crippen LogP contribution >= 0.6 is 0 Å². The predicted molar refractivity (Wildman–Crippen MR) is 131 cm³/mol. The molecular weight excluding hydrogens is 396 g/mol. The first-order chi connectivity index (χ1) is 15.6. The first-order valence-electron chi connectivity index (χ1n) is 12.2. The van der Waals surface area contributed by atoms with Crippen LogP contribution < -0.4 is 5.32 Å². The highest BCUT2D eigenvalue weighted by atomic mass is 16.2. The van der Waals surface area contributed by atoms with Gasteiger partial charge in [0, 0.05) is 32.7 Å². The van der Waals surface area contributed by atoms with Crippen LogP contribution in [0.1, 0.15) is 36.9 Å². The number of nitrogens with one attached hydrogen (secondary N) is 1. The minimum Gasteiger partial charge on any atom is -0.339 e. The summed E-state index contributed by atoms with van der Waals surface area (Å²) in [4.78, 5) is 20.3. The van der Waals surface area contributed by atoms with Crippen molar-refractivity contribution in [2.75, 3.05) is 52.9 Å². The lowest BCUT2D eigenvalue weighted by Crippen LogP contribution is -2.54. The van der Waals surface area contributed by atoms with Crippen LogP contribution in [0.4, 0.5) is 0 Å². The summed E-state index contributed by atoms with van der Waals surface area (Å²) in [6.07, 6.45) is 2.61. The standard InChI is InChI=1S/C27H38N4O/c1-22(28-26(24-9-5-3-6-10-24)25-11-7-4-8-12-25)27(32)31-19-17-30(18-20-31)21-23-13-15-29(2)16-14-23/h3-12,22-23,26,28H,13-21H2,1-2H3/t22-/m1/s1. The summed E-state index contributed by atoms with van der Waals surface area (Å²) in [6.45, 7) is 9.28. The highest BCUT2D eigenvalue weighted by Crippen LogP contribution is 2.23. The highest BCUT2D eigenvalue weighted by molar-refractivity contribution is 5.81. The Hall–Kier alpha value is -2.21.